The number of amides is 1. The Morgan fingerprint density at radius 2 is 2.05 bits per heavy atom. The van der Waals surface area contributed by atoms with Crippen LogP contribution in [0, 0.1) is 21.7 Å². The summed E-state index contributed by atoms with van der Waals surface area (Å²) >= 11 is 0. The Bertz CT molecular complexity index is 508. The molecule has 0 spiro atoms. The molecule has 0 heterocycles. The van der Waals surface area contributed by atoms with Crippen molar-refractivity contribution in [2.24, 2.45) is 0 Å². The molecule has 2 N–H and O–H groups in total. The molecule has 1 aromatic carbocycles. The third kappa shape index (κ3) is 3.68. The van der Waals surface area contributed by atoms with Crippen LogP contribution in [0.1, 0.15) is 12.5 Å². The molecule has 0 radical (unpaired) electrons. The van der Waals surface area contributed by atoms with Gasteiger partial charge in [-0.3, -0.25) is 14.9 Å². The van der Waals surface area contributed by atoms with Gasteiger partial charge in [-0.1, -0.05) is 0 Å². The van der Waals surface area contributed by atoms with Crippen molar-refractivity contribution < 1.29 is 18.5 Å². The van der Waals surface area contributed by atoms with E-state index in [1.54, 1.807) is 6.92 Å². The molecule has 0 aliphatic carbocycles. The van der Waals surface area contributed by atoms with Crippen LogP contribution in [0.3, 0.4) is 0 Å². The van der Waals surface area contributed by atoms with Crippen molar-refractivity contribution in [3.8, 4) is 0 Å². The number of nitro groups is 1. The van der Waals surface area contributed by atoms with E-state index in [4.69, 9.17) is 0 Å². The molecule has 0 saturated heterocycles. The fourth-order valence-electron chi connectivity index (χ4n) is 1.43. The minimum absolute atomic E-state index is 0.0798. The largest absolute Gasteiger partial charge is 0.358 e. The average molecular weight is 273 g/mol. The average Bonchev–Trinajstić information content (AvgIpc) is 2.35. The van der Waals surface area contributed by atoms with Gasteiger partial charge in [0.1, 0.15) is 5.82 Å². The summed E-state index contributed by atoms with van der Waals surface area (Å²) in [6.07, 6.45) is 0. The van der Waals surface area contributed by atoms with Gasteiger partial charge in [-0.15, -0.1) is 0 Å². The minimum atomic E-state index is -1.23. The van der Waals surface area contributed by atoms with Crippen molar-refractivity contribution in [1.82, 2.24) is 10.6 Å². The Labute approximate surface area is 108 Å². The zero-order chi connectivity index (χ0) is 14.6. The van der Waals surface area contributed by atoms with E-state index >= 15 is 0 Å². The number of carbonyl (C=O) groups is 1. The van der Waals surface area contributed by atoms with Gasteiger partial charge in [0.2, 0.25) is 11.7 Å². The van der Waals surface area contributed by atoms with Crippen LogP contribution in [-0.4, -0.2) is 23.9 Å². The van der Waals surface area contributed by atoms with E-state index in [0.29, 0.717) is 6.07 Å². The number of nitrogens with one attached hydrogen (secondary N) is 2. The molecule has 1 aromatic rings. The summed E-state index contributed by atoms with van der Waals surface area (Å²) in [5.74, 6) is -2.44. The number of carbonyl (C=O) groups excluding carboxylic acids is 1. The normalized spacial score (nSPS) is 12.0. The molecule has 1 unspecified atom stereocenters. The van der Waals surface area contributed by atoms with Gasteiger partial charge in [-0.2, -0.15) is 4.39 Å². The molecule has 8 heteroatoms. The summed E-state index contributed by atoms with van der Waals surface area (Å²) in [7, 11) is 1.45. The number of rotatable bonds is 5. The maximum atomic E-state index is 13.4. The number of hydrogen-bond acceptors (Lipinski definition) is 4. The molecule has 6 nitrogen and oxygen atoms in total. The van der Waals surface area contributed by atoms with Gasteiger partial charge in [0.25, 0.3) is 0 Å². The first-order valence-corrected chi connectivity index (χ1v) is 5.44. The summed E-state index contributed by atoms with van der Waals surface area (Å²) < 4.78 is 26.5. The second kappa shape index (κ2) is 6.19. The van der Waals surface area contributed by atoms with Gasteiger partial charge in [0.05, 0.1) is 11.0 Å². The first kappa shape index (κ1) is 15.0. The van der Waals surface area contributed by atoms with E-state index in [1.807, 2.05) is 0 Å². The number of nitrogens with zero attached hydrogens (tertiary/aromatic N) is 1. The smallest absolute Gasteiger partial charge is 0.305 e. The molecule has 1 amide bonds. The summed E-state index contributed by atoms with van der Waals surface area (Å²) in [6, 6.07) is 0.669. The Morgan fingerprint density at radius 3 is 2.58 bits per heavy atom. The molecule has 1 rings (SSSR count). The Kier molecular flexibility index (Phi) is 4.87. The molecule has 0 fully saturated rings. The summed E-state index contributed by atoms with van der Waals surface area (Å²) in [5.41, 5.74) is -0.880. The highest BCUT2D eigenvalue weighted by Crippen LogP contribution is 2.21. The first-order chi connectivity index (χ1) is 8.86. The van der Waals surface area contributed by atoms with Crippen molar-refractivity contribution in [3.05, 3.63) is 39.4 Å². The molecular formula is C11H13F2N3O3. The van der Waals surface area contributed by atoms with E-state index < -0.39 is 28.3 Å². The Morgan fingerprint density at radius 1 is 1.42 bits per heavy atom. The molecule has 0 bridgehead atoms. The third-order valence-corrected chi connectivity index (χ3v) is 2.55. The second-order valence-corrected chi connectivity index (χ2v) is 3.87. The van der Waals surface area contributed by atoms with E-state index in [-0.39, 0.29) is 18.0 Å². The summed E-state index contributed by atoms with van der Waals surface area (Å²) in [4.78, 5) is 20.8. The predicted octanol–water partition coefficient (Wildman–Crippen LogP) is 1.10. The zero-order valence-electron chi connectivity index (χ0n) is 10.4. The van der Waals surface area contributed by atoms with E-state index in [2.05, 4.69) is 10.6 Å². The quantitative estimate of drug-likeness (QED) is 0.621. The highest BCUT2D eigenvalue weighted by atomic mass is 19.1. The molecule has 0 aliphatic heterocycles. The lowest BCUT2D eigenvalue weighted by molar-refractivity contribution is -0.387. The fourth-order valence-corrected chi connectivity index (χ4v) is 1.43. The minimum Gasteiger partial charge on any atom is -0.358 e. The van der Waals surface area contributed by atoms with Gasteiger partial charge in [0, 0.05) is 31.3 Å². The lowest BCUT2D eigenvalue weighted by Gasteiger charge is -2.12. The molecule has 1 atom stereocenters. The maximum absolute atomic E-state index is 13.4. The number of likely N-dealkylation sites (N-methyl/N-ethyl adjacent to an activating group) is 1. The Balaban J connectivity index is 2.87. The third-order valence-electron chi connectivity index (χ3n) is 2.55. The van der Waals surface area contributed by atoms with Gasteiger partial charge in [-0.05, 0) is 6.92 Å². The van der Waals surface area contributed by atoms with Crippen LogP contribution in [-0.2, 0) is 11.3 Å². The monoisotopic (exact) mass is 273 g/mol. The van der Waals surface area contributed by atoms with Crippen molar-refractivity contribution in [1.29, 1.82) is 0 Å². The molecule has 0 aromatic heterocycles. The number of halogens is 2. The first-order valence-electron chi connectivity index (χ1n) is 5.44. The highest BCUT2D eigenvalue weighted by molar-refractivity contribution is 5.80. The van der Waals surface area contributed by atoms with Crippen molar-refractivity contribution in [3.63, 3.8) is 0 Å². The molecule has 0 saturated carbocycles. The predicted molar refractivity (Wildman–Crippen MR) is 63.4 cm³/mol. The summed E-state index contributed by atoms with van der Waals surface area (Å²) in [6.45, 7) is 1.43. The molecule has 104 valence electrons. The van der Waals surface area contributed by atoms with Crippen LogP contribution in [0.25, 0.3) is 0 Å². The number of hydrogen-bond donors (Lipinski definition) is 2. The summed E-state index contributed by atoms with van der Waals surface area (Å²) in [5, 5.41) is 15.6. The second-order valence-electron chi connectivity index (χ2n) is 3.87. The van der Waals surface area contributed by atoms with Crippen LogP contribution < -0.4 is 10.6 Å². The van der Waals surface area contributed by atoms with Crippen molar-refractivity contribution in [2.75, 3.05) is 7.05 Å². The van der Waals surface area contributed by atoms with Crippen LogP contribution >= 0.6 is 0 Å². The standard InChI is InChI=1S/C11H13F2N3O3/c1-6(11(17)14-2)15-5-7-3-10(16(18)19)9(13)4-8(7)12/h3-4,6,15H,5H2,1-2H3,(H,14,17). The lowest BCUT2D eigenvalue weighted by Crippen LogP contribution is -2.40. The van der Waals surface area contributed by atoms with Gasteiger partial charge in [-0.25, -0.2) is 4.39 Å². The van der Waals surface area contributed by atoms with Gasteiger partial charge >= 0.3 is 5.69 Å². The van der Waals surface area contributed by atoms with Crippen molar-refractivity contribution in [2.45, 2.75) is 19.5 Å². The number of nitro benzene ring substituents is 1. The van der Waals surface area contributed by atoms with E-state index in [1.165, 1.54) is 7.05 Å². The van der Waals surface area contributed by atoms with E-state index in [0.717, 1.165) is 6.07 Å². The lowest BCUT2D eigenvalue weighted by atomic mass is 10.1. The SMILES string of the molecule is CNC(=O)C(C)NCc1cc([N+](=O)[O-])c(F)cc1F. The maximum Gasteiger partial charge on any atom is 0.305 e. The molecular weight excluding hydrogens is 260 g/mol. The van der Waals surface area contributed by atoms with Gasteiger partial charge < -0.3 is 10.6 Å². The van der Waals surface area contributed by atoms with Gasteiger partial charge in [0.15, 0.2) is 0 Å². The Hall–Kier alpha value is -2.09. The van der Waals surface area contributed by atoms with Crippen LogP contribution in [0.2, 0.25) is 0 Å². The van der Waals surface area contributed by atoms with E-state index in [9.17, 15) is 23.7 Å². The topological polar surface area (TPSA) is 84.3 Å². The van der Waals surface area contributed by atoms with Crippen LogP contribution in [0.4, 0.5) is 14.5 Å². The fraction of sp³-hybridized carbons (Fsp3) is 0.364. The number of benzene rings is 1. The van der Waals surface area contributed by atoms with Crippen LogP contribution in [0.5, 0.6) is 0 Å². The van der Waals surface area contributed by atoms with Crippen LogP contribution in [0.15, 0.2) is 12.1 Å². The highest BCUT2D eigenvalue weighted by Gasteiger charge is 2.19. The molecule has 0 aliphatic rings. The molecule has 19 heavy (non-hydrogen) atoms. The zero-order valence-corrected chi connectivity index (χ0v) is 10.4. The van der Waals surface area contributed by atoms with Crippen molar-refractivity contribution >= 4 is 11.6 Å².